The summed E-state index contributed by atoms with van der Waals surface area (Å²) in [7, 11) is 0. The number of hydrogen-bond donors (Lipinski definition) is 12. The van der Waals surface area contributed by atoms with E-state index in [0.29, 0.717) is 19.3 Å². The number of carbonyl (C=O) groups is 1. The van der Waals surface area contributed by atoms with Crippen LogP contribution in [0.25, 0.3) is 0 Å². The summed E-state index contributed by atoms with van der Waals surface area (Å²) in [5.74, 6) is -0.262. The van der Waals surface area contributed by atoms with Crippen LogP contribution in [0.4, 0.5) is 0 Å². The second-order valence-corrected chi connectivity index (χ2v) is 21.4. The van der Waals surface area contributed by atoms with Gasteiger partial charge in [0.1, 0.15) is 73.2 Å². The van der Waals surface area contributed by atoms with Gasteiger partial charge in [-0.1, -0.05) is 176 Å². The van der Waals surface area contributed by atoms with Gasteiger partial charge in [0.05, 0.1) is 38.6 Å². The van der Waals surface area contributed by atoms with E-state index in [2.05, 4.69) is 104 Å². The Morgan fingerprint density at radius 2 is 0.852 bits per heavy atom. The van der Waals surface area contributed by atoms with E-state index in [0.717, 1.165) is 103 Å². The molecule has 3 heterocycles. The Hall–Kier alpha value is -3.03. The first-order valence-corrected chi connectivity index (χ1v) is 30.3. The zero-order valence-corrected chi connectivity index (χ0v) is 48.5. The maximum Gasteiger partial charge on any atom is 0.220 e. The molecule has 17 unspecified atom stereocenters. The van der Waals surface area contributed by atoms with Crippen LogP contribution in [-0.2, 0) is 33.2 Å². The maximum atomic E-state index is 13.2. The minimum Gasteiger partial charge on any atom is -0.394 e. The van der Waals surface area contributed by atoms with Crippen molar-refractivity contribution in [3.63, 3.8) is 0 Å². The summed E-state index contributed by atoms with van der Waals surface area (Å²) in [5, 5.41) is 120. The van der Waals surface area contributed by atoms with Crippen LogP contribution in [0.5, 0.6) is 0 Å². The summed E-state index contributed by atoms with van der Waals surface area (Å²) in [6.45, 7) is 1.53. The molecule has 1 amide bonds. The zero-order valence-electron chi connectivity index (χ0n) is 48.5. The summed E-state index contributed by atoms with van der Waals surface area (Å²) in [5.41, 5.74) is 0. The molecule has 0 aromatic carbocycles. The molecule has 0 aromatic rings. The van der Waals surface area contributed by atoms with E-state index >= 15 is 0 Å². The largest absolute Gasteiger partial charge is 0.394 e. The van der Waals surface area contributed by atoms with Crippen LogP contribution < -0.4 is 5.32 Å². The smallest absolute Gasteiger partial charge is 0.220 e. The molecule has 81 heavy (non-hydrogen) atoms. The zero-order chi connectivity index (χ0) is 59.0. The van der Waals surface area contributed by atoms with Crippen LogP contribution in [-0.4, -0.2) is 193 Å². The third-order valence-corrected chi connectivity index (χ3v) is 14.7. The summed E-state index contributed by atoms with van der Waals surface area (Å²) in [6, 6.07) is -0.892. The molecule has 0 aliphatic carbocycles. The van der Waals surface area contributed by atoms with Gasteiger partial charge in [0.25, 0.3) is 0 Å². The molecule has 0 spiro atoms. The quantitative estimate of drug-likeness (QED) is 0.0261. The number of rotatable bonds is 43. The number of hydrogen-bond acceptors (Lipinski definition) is 18. The van der Waals surface area contributed by atoms with Crippen molar-refractivity contribution in [2.75, 3.05) is 26.4 Å². The Kier molecular flexibility index (Phi) is 39.6. The molecule has 3 rings (SSSR count). The van der Waals surface area contributed by atoms with Gasteiger partial charge in [-0.3, -0.25) is 4.79 Å². The first kappa shape index (κ1) is 72.2. The van der Waals surface area contributed by atoms with Crippen LogP contribution in [0, 0.1) is 0 Å². The molecule has 12 N–H and O–H groups in total. The summed E-state index contributed by atoms with van der Waals surface area (Å²) in [4.78, 5) is 13.2. The Bertz CT molecular complexity index is 1810. The van der Waals surface area contributed by atoms with Crippen LogP contribution in [0.15, 0.2) is 85.1 Å². The molecule has 3 aliphatic heterocycles. The molecule has 19 heteroatoms. The lowest BCUT2D eigenvalue weighted by Crippen LogP contribution is -2.66. The highest BCUT2D eigenvalue weighted by molar-refractivity contribution is 5.76. The lowest BCUT2D eigenvalue weighted by molar-refractivity contribution is -0.379. The van der Waals surface area contributed by atoms with Gasteiger partial charge in [-0.25, -0.2) is 0 Å². The van der Waals surface area contributed by atoms with E-state index in [9.17, 15) is 61.0 Å². The predicted octanol–water partition coefficient (Wildman–Crippen LogP) is 5.59. The van der Waals surface area contributed by atoms with E-state index in [1.54, 1.807) is 0 Å². The molecule has 0 aromatic heterocycles. The predicted molar refractivity (Wildman–Crippen MR) is 309 cm³/mol. The van der Waals surface area contributed by atoms with Gasteiger partial charge < -0.3 is 89.9 Å². The van der Waals surface area contributed by atoms with E-state index in [4.69, 9.17) is 28.4 Å². The van der Waals surface area contributed by atoms with E-state index in [-0.39, 0.29) is 18.9 Å². The van der Waals surface area contributed by atoms with Gasteiger partial charge in [0.2, 0.25) is 5.91 Å². The highest BCUT2D eigenvalue weighted by Crippen LogP contribution is 2.33. The number of allylic oxidation sites excluding steroid dienone is 14. The average molecular weight is 1150 g/mol. The van der Waals surface area contributed by atoms with Gasteiger partial charge in [-0.05, 0) is 70.6 Å². The van der Waals surface area contributed by atoms with Crippen molar-refractivity contribution >= 4 is 5.91 Å². The number of unbranched alkanes of at least 4 members (excludes halogenated alkanes) is 13. The SMILES string of the molecule is CC/C=C\C/C=C\C/C=C\C/C=C\C/C=C\C/C=C\C/C=C\CCCCCCCCCCCC(=O)NC(COC1OC(CO)C(OC2OC(CO)C(OC3OC(CO)C(O)C(O)C3O)C(O)C2O)C(O)C1O)C(O)CCCCCCC. The lowest BCUT2D eigenvalue weighted by Gasteiger charge is -2.48. The molecule has 3 fully saturated rings. The first-order valence-electron chi connectivity index (χ1n) is 30.3. The van der Waals surface area contributed by atoms with Crippen molar-refractivity contribution in [2.45, 2.75) is 272 Å². The highest BCUT2D eigenvalue weighted by Gasteiger charge is 2.53. The molecule has 0 bridgehead atoms. The second kappa shape index (κ2) is 44.4. The molecule has 17 atom stereocenters. The Balaban J connectivity index is 1.34. The summed E-state index contributed by atoms with van der Waals surface area (Å²) in [6.07, 6.45) is 27.5. The summed E-state index contributed by atoms with van der Waals surface area (Å²) < 4.78 is 34.1. The van der Waals surface area contributed by atoms with Crippen molar-refractivity contribution in [3.8, 4) is 0 Å². The number of nitrogens with one attached hydrogen (secondary N) is 1. The Morgan fingerprint density at radius 1 is 0.457 bits per heavy atom. The van der Waals surface area contributed by atoms with Crippen LogP contribution in [0.2, 0.25) is 0 Å². The monoisotopic (exact) mass is 1150 g/mol. The van der Waals surface area contributed by atoms with Crippen LogP contribution in [0.3, 0.4) is 0 Å². The van der Waals surface area contributed by atoms with Gasteiger partial charge >= 0.3 is 0 Å². The van der Waals surface area contributed by atoms with E-state index in [1.165, 1.54) is 25.7 Å². The fourth-order valence-electron chi connectivity index (χ4n) is 9.76. The average Bonchev–Trinajstić information content (AvgIpc) is 3.48. The minimum absolute atomic E-state index is 0.252. The second-order valence-electron chi connectivity index (χ2n) is 21.4. The van der Waals surface area contributed by atoms with E-state index < -0.39 is 124 Å². The Morgan fingerprint density at radius 3 is 1.33 bits per heavy atom. The standard InChI is InChI=1S/C62H105NO18/c1-3-5-7-9-10-11-12-13-14-15-16-17-18-19-20-21-22-23-24-25-26-27-28-29-30-31-32-33-34-36-38-40-50(68)63-45(46(67)39-37-35-8-6-4-2)44-76-60-56(74)53(71)58(48(42-65)78-60)81-62-57(75)54(72)59(49(43-66)79-62)80-61-55(73)52(70)51(69)47(41-64)77-61/h5,7,10-11,13-14,16-17,19-20,22-23,25-26,45-49,51-62,64-67,69-75H,3-4,6,8-9,12,15,18,21,24,27-44H2,1-2H3,(H,63,68)/b7-5-,11-10-,14-13-,17-16-,20-19-,23-22-,26-25-. The molecule has 466 valence electrons. The maximum absolute atomic E-state index is 13.2. The van der Waals surface area contributed by atoms with Gasteiger partial charge in [0.15, 0.2) is 18.9 Å². The molecule has 0 radical (unpaired) electrons. The molecule has 3 aliphatic rings. The van der Waals surface area contributed by atoms with Gasteiger partial charge in [0, 0.05) is 6.42 Å². The van der Waals surface area contributed by atoms with Crippen molar-refractivity contribution < 1.29 is 89.4 Å². The third-order valence-electron chi connectivity index (χ3n) is 14.7. The normalized spacial score (nSPS) is 30.4. The minimum atomic E-state index is -1.97. The van der Waals surface area contributed by atoms with Crippen LogP contribution in [0.1, 0.15) is 168 Å². The van der Waals surface area contributed by atoms with Crippen molar-refractivity contribution in [2.24, 2.45) is 0 Å². The van der Waals surface area contributed by atoms with E-state index in [1.807, 2.05) is 0 Å². The number of aliphatic hydroxyl groups is 11. The molecular formula is C62H105NO18. The fourth-order valence-corrected chi connectivity index (χ4v) is 9.76. The molecular weight excluding hydrogens is 1050 g/mol. The molecule has 0 saturated carbocycles. The Labute approximate surface area is 482 Å². The number of amides is 1. The highest BCUT2D eigenvalue weighted by atomic mass is 16.8. The summed E-state index contributed by atoms with van der Waals surface area (Å²) >= 11 is 0. The fraction of sp³-hybridized carbons (Fsp3) is 0.758. The van der Waals surface area contributed by atoms with Crippen molar-refractivity contribution in [1.82, 2.24) is 5.32 Å². The molecule has 3 saturated heterocycles. The van der Waals surface area contributed by atoms with Gasteiger partial charge in [-0.15, -0.1) is 0 Å². The van der Waals surface area contributed by atoms with Crippen molar-refractivity contribution in [1.29, 1.82) is 0 Å². The lowest BCUT2D eigenvalue weighted by atomic mass is 9.96. The number of aliphatic hydroxyl groups excluding tert-OH is 11. The number of ether oxygens (including phenoxy) is 6. The topological polar surface area (TPSA) is 307 Å². The number of carbonyl (C=O) groups excluding carboxylic acids is 1. The van der Waals surface area contributed by atoms with Gasteiger partial charge in [-0.2, -0.15) is 0 Å². The van der Waals surface area contributed by atoms with Crippen LogP contribution >= 0.6 is 0 Å². The van der Waals surface area contributed by atoms with Crippen molar-refractivity contribution in [3.05, 3.63) is 85.1 Å². The molecule has 19 nitrogen and oxygen atoms in total. The first-order chi connectivity index (χ1) is 39.3. The third kappa shape index (κ3) is 28.1.